The average Bonchev–Trinajstić information content (AvgIpc) is 2.36. The molecule has 0 aliphatic carbocycles. The van der Waals surface area contributed by atoms with Crippen LogP contribution in [0.4, 0.5) is 18.9 Å². The monoisotopic (exact) mass is 304 g/mol. The van der Waals surface area contributed by atoms with E-state index in [-0.39, 0.29) is 0 Å². The molecule has 1 amide bonds. The number of para-hydroxylation sites is 2. The summed E-state index contributed by atoms with van der Waals surface area (Å²) in [6.45, 7) is 2.84. The van der Waals surface area contributed by atoms with E-state index in [2.05, 4.69) is 5.32 Å². The van der Waals surface area contributed by atoms with Crippen molar-refractivity contribution in [1.82, 2.24) is 5.32 Å². The number of benzene rings is 1. The van der Waals surface area contributed by atoms with E-state index in [1.165, 1.54) is 0 Å². The third kappa shape index (κ3) is 7.55. The Hall–Kier alpha value is -1.76. The summed E-state index contributed by atoms with van der Waals surface area (Å²) >= 11 is 0. The number of alkyl halides is 3. The largest absolute Gasteiger partial charge is 0.491 e. The first-order chi connectivity index (χ1) is 9.78. The Morgan fingerprint density at radius 3 is 2.57 bits per heavy atom. The minimum absolute atomic E-state index is 0.321. The summed E-state index contributed by atoms with van der Waals surface area (Å²) in [6.07, 6.45) is -4.33. The number of carbonyl (C=O) groups is 1. The van der Waals surface area contributed by atoms with Crippen LogP contribution in [0, 0.1) is 5.92 Å². The molecule has 0 radical (unpaired) electrons. The lowest BCUT2D eigenvalue weighted by Crippen LogP contribution is -2.35. The van der Waals surface area contributed by atoms with Gasteiger partial charge in [0, 0.05) is 0 Å². The fourth-order valence-corrected chi connectivity index (χ4v) is 1.46. The van der Waals surface area contributed by atoms with Gasteiger partial charge in [0.1, 0.15) is 5.75 Å². The molecule has 0 aliphatic heterocycles. The molecular formula is C14H19F3N2O2. The first-order valence-corrected chi connectivity index (χ1v) is 6.57. The van der Waals surface area contributed by atoms with Gasteiger partial charge in [-0.05, 0) is 18.1 Å². The molecule has 0 unspecified atom stereocenters. The average molecular weight is 304 g/mol. The Morgan fingerprint density at radius 2 is 1.95 bits per heavy atom. The van der Waals surface area contributed by atoms with Crippen LogP contribution in [0.2, 0.25) is 0 Å². The molecule has 0 saturated carbocycles. The normalized spacial score (nSPS) is 11.5. The van der Waals surface area contributed by atoms with Crippen molar-refractivity contribution in [2.45, 2.75) is 20.0 Å². The fourth-order valence-electron chi connectivity index (χ4n) is 1.46. The highest BCUT2D eigenvalue weighted by atomic mass is 19.4. The summed E-state index contributed by atoms with van der Waals surface area (Å²) in [5.74, 6) is 0.262. The van der Waals surface area contributed by atoms with Gasteiger partial charge in [-0.3, -0.25) is 4.79 Å². The van der Waals surface area contributed by atoms with Crippen molar-refractivity contribution >= 4 is 11.6 Å². The molecule has 118 valence electrons. The Kier molecular flexibility index (Phi) is 6.48. The maximum Gasteiger partial charge on any atom is 0.401 e. The summed E-state index contributed by atoms with van der Waals surface area (Å²) in [4.78, 5) is 11.6. The quantitative estimate of drug-likeness (QED) is 0.814. The van der Waals surface area contributed by atoms with Crippen molar-refractivity contribution in [2.24, 2.45) is 5.92 Å². The van der Waals surface area contributed by atoms with Crippen LogP contribution in [0.15, 0.2) is 24.3 Å². The highest BCUT2D eigenvalue weighted by Gasteiger charge is 2.26. The van der Waals surface area contributed by atoms with Gasteiger partial charge in [0.05, 0.1) is 25.4 Å². The minimum Gasteiger partial charge on any atom is -0.491 e. The third-order valence-corrected chi connectivity index (χ3v) is 2.34. The molecule has 0 saturated heterocycles. The molecule has 0 aliphatic rings. The van der Waals surface area contributed by atoms with Gasteiger partial charge in [-0.25, -0.2) is 0 Å². The lowest BCUT2D eigenvalue weighted by atomic mass is 10.2. The molecule has 0 heterocycles. The zero-order valence-electron chi connectivity index (χ0n) is 12.0. The van der Waals surface area contributed by atoms with Crippen LogP contribution < -0.4 is 15.4 Å². The number of carbonyl (C=O) groups excluding carboxylic acids is 1. The van der Waals surface area contributed by atoms with E-state index < -0.39 is 25.2 Å². The highest BCUT2D eigenvalue weighted by Crippen LogP contribution is 2.24. The van der Waals surface area contributed by atoms with E-state index in [1.807, 2.05) is 19.2 Å². The number of anilines is 1. The van der Waals surface area contributed by atoms with Gasteiger partial charge in [0.2, 0.25) is 5.91 Å². The third-order valence-electron chi connectivity index (χ3n) is 2.34. The minimum atomic E-state index is -4.33. The first kappa shape index (κ1) is 17.3. The Labute approximate surface area is 121 Å². The zero-order chi connectivity index (χ0) is 15.9. The summed E-state index contributed by atoms with van der Waals surface area (Å²) in [6, 6.07) is 6.80. The predicted octanol–water partition coefficient (Wildman–Crippen LogP) is 2.81. The number of hydrogen-bond donors (Lipinski definition) is 2. The second kappa shape index (κ2) is 7.87. The molecule has 0 spiro atoms. The van der Waals surface area contributed by atoms with Gasteiger partial charge >= 0.3 is 6.18 Å². The van der Waals surface area contributed by atoms with Crippen LogP contribution in [0.1, 0.15) is 13.8 Å². The van der Waals surface area contributed by atoms with Gasteiger partial charge in [-0.2, -0.15) is 13.2 Å². The fraction of sp³-hybridized carbons (Fsp3) is 0.500. The van der Waals surface area contributed by atoms with Crippen molar-refractivity contribution in [3.05, 3.63) is 24.3 Å². The van der Waals surface area contributed by atoms with Crippen LogP contribution in [-0.2, 0) is 4.79 Å². The molecule has 21 heavy (non-hydrogen) atoms. The summed E-state index contributed by atoms with van der Waals surface area (Å²) < 4.78 is 41.4. The van der Waals surface area contributed by atoms with E-state index in [0.29, 0.717) is 24.0 Å². The molecule has 2 N–H and O–H groups in total. The molecule has 4 nitrogen and oxygen atoms in total. The van der Waals surface area contributed by atoms with Gasteiger partial charge in [0.25, 0.3) is 0 Å². The smallest absolute Gasteiger partial charge is 0.401 e. The number of rotatable bonds is 7. The lowest BCUT2D eigenvalue weighted by Gasteiger charge is -2.14. The maximum absolute atomic E-state index is 12.0. The zero-order valence-corrected chi connectivity index (χ0v) is 12.0. The highest BCUT2D eigenvalue weighted by molar-refractivity contribution is 5.93. The van der Waals surface area contributed by atoms with Crippen molar-refractivity contribution < 1.29 is 22.7 Å². The summed E-state index contributed by atoms with van der Waals surface area (Å²) in [7, 11) is 0. The first-order valence-electron chi connectivity index (χ1n) is 6.57. The lowest BCUT2D eigenvalue weighted by molar-refractivity contribution is -0.126. The Morgan fingerprint density at radius 1 is 1.29 bits per heavy atom. The molecule has 1 aromatic carbocycles. The van der Waals surface area contributed by atoms with Crippen molar-refractivity contribution in [1.29, 1.82) is 0 Å². The second-order valence-electron chi connectivity index (χ2n) is 4.97. The van der Waals surface area contributed by atoms with E-state index in [0.717, 1.165) is 0 Å². The van der Waals surface area contributed by atoms with E-state index in [9.17, 15) is 18.0 Å². The van der Waals surface area contributed by atoms with Crippen LogP contribution >= 0.6 is 0 Å². The number of amides is 1. The van der Waals surface area contributed by atoms with Crippen molar-refractivity contribution in [3.8, 4) is 5.75 Å². The van der Waals surface area contributed by atoms with E-state index in [4.69, 9.17) is 4.74 Å². The van der Waals surface area contributed by atoms with Gasteiger partial charge < -0.3 is 15.4 Å². The van der Waals surface area contributed by atoms with Crippen molar-refractivity contribution in [2.75, 3.05) is 25.0 Å². The van der Waals surface area contributed by atoms with Crippen LogP contribution in [0.5, 0.6) is 5.75 Å². The molecular weight excluding hydrogens is 285 g/mol. The van der Waals surface area contributed by atoms with Crippen LogP contribution in [0.3, 0.4) is 0 Å². The Bertz CT molecular complexity index is 462. The van der Waals surface area contributed by atoms with Gasteiger partial charge in [0.15, 0.2) is 0 Å². The number of ether oxygens (including phenoxy) is 1. The topological polar surface area (TPSA) is 50.4 Å². The predicted molar refractivity (Wildman–Crippen MR) is 74.3 cm³/mol. The molecule has 0 fully saturated rings. The molecule has 1 aromatic rings. The number of hydrogen-bond acceptors (Lipinski definition) is 3. The van der Waals surface area contributed by atoms with Gasteiger partial charge in [-0.1, -0.05) is 26.0 Å². The Balaban J connectivity index is 2.51. The van der Waals surface area contributed by atoms with E-state index >= 15 is 0 Å². The van der Waals surface area contributed by atoms with Gasteiger partial charge in [-0.15, -0.1) is 0 Å². The van der Waals surface area contributed by atoms with Crippen molar-refractivity contribution in [3.63, 3.8) is 0 Å². The molecule has 0 bridgehead atoms. The standard InChI is InChI=1S/C14H19F3N2O2/c1-10(2)8-21-12-6-4-3-5-11(12)19-13(20)7-18-9-14(15,16)17/h3-6,10,18H,7-9H2,1-2H3,(H,19,20). The molecule has 7 heteroatoms. The molecule has 0 atom stereocenters. The summed E-state index contributed by atoms with van der Waals surface area (Å²) in [5.41, 5.74) is 0.442. The SMILES string of the molecule is CC(C)COc1ccccc1NC(=O)CNCC(F)(F)F. The maximum atomic E-state index is 12.0. The number of nitrogens with one attached hydrogen (secondary N) is 2. The summed E-state index contributed by atoms with van der Waals surface area (Å²) in [5, 5.41) is 4.56. The number of halogens is 3. The van der Waals surface area contributed by atoms with Crippen LogP contribution in [-0.4, -0.2) is 31.8 Å². The molecule has 0 aromatic heterocycles. The second-order valence-corrected chi connectivity index (χ2v) is 4.97. The van der Waals surface area contributed by atoms with E-state index in [1.54, 1.807) is 24.3 Å². The molecule has 1 rings (SSSR count). The van der Waals surface area contributed by atoms with Crippen LogP contribution in [0.25, 0.3) is 0 Å².